The Morgan fingerprint density at radius 2 is 2.26 bits per heavy atom. The number of hydrogen-bond acceptors (Lipinski definition) is 5. The Morgan fingerprint density at radius 3 is 3.00 bits per heavy atom. The number of benzene rings is 1. The molecule has 0 spiro atoms. The molecule has 1 aromatic carbocycles. The van der Waals surface area contributed by atoms with E-state index in [2.05, 4.69) is 10.3 Å². The highest BCUT2D eigenvalue weighted by molar-refractivity contribution is 6.31. The Balaban J connectivity index is 1.65. The highest BCUT2D eigenvalue weighted by atomic mass is 35.5. The summed E-state index contributed by atoms with van der Waals surface area (Å²) in [6, 6.07) is 6.73. The van der Waals surface area contributed by atoms with Gasteiger partial charge in [-0.2, -0.15) is 0 Å². The second kappa shape index (κ2) is 8.37. The van der Waals surface area contributed by atoms with Crippen molar-refractivity contribution in [2.24, 2.45) is 5.92 Å². The van der Waals surface area contributed by atoms with Crippen molar-refractivity contribution >= 4 is 29.1 Å². The number of carbonyl (C=O) groups is 2. The minimum absolute atomic E-state index is 0.00914. The number of aromatic nitrogens is 1. The fourth-order valence-electron chi connectivity index (χ4n) is 2.83. The normalized spacial score (nSPS) is 14.3. The molecular weight excluding hydrogens is 370 g/mol. The molecule has 0 saturated carbocycles. The quantitative estimate of drug-likeness (QED) is 0.784. The van der Waals surface area contributed by atoms with Crippen molar-refractivity contribution in [1.29, 1.82) is 0 Å². The molecular formula is C19H20ClN3O4. The maximum absolute atomic E-state index is 12.5. The van der Waals surface area contributed by atoms with Crippen LogP contribution < -0.4 is 15.0 Å². The van der Waals surface area contributed by atoms with Crippen LogP contribution in [0.5, 0.6) is 5.75 Å². The first kappa shape index (κ1) is 19.1. The fourth-order valence-corrected chi connectivity index (χ4v) is 3.03. The number of pyridine rings is 1. The third-order valence-corrected chi connectivity index (χ3v) is 4.82. The molecule has 2 amide bonds. The van der Waals surface area contributed by atoms with Crippen LogP contribution in [0.3, 0.4) is 0 Å². The summed E-state index contributed by atoms with van der Waals surface area (Å²) in [6.45, 7) is 0.190. The van der Waals surface area contributed by atoms with Crippen molar-refractivity contribution in [2.45, 2.75) is 6.42 Å². The van der Waals surface area contributed by atoms with Crippen LogP contribution in [0.4, 0.5) is 5.69 Å². The van der Waals surface area contributed by atoms with Crippen LogP contribution in [0.25, 0.3) is 0 Å². The third-order valence-electron chi connectivity index (χ3n) is 4.48. The van der Waals surface area contributed by atoms with E-state index in [0.29, 0.717) is 28.4 Å². The number of likely N-dealkylation sites (N-methyl/N-ethyl adjacent to an activating group) is 1. The van der Waals surface area contributed by atoms with Crippen LogP contribution in [0.2, 0.25) is 5.02 Å². The van der Waals surface area contributed by atoms with Crippen LogP contribution in [-0.2, 0) is 11.2 Å². The number of carbonyl (C=O) groups excluding carboxylic acids is 2. The lowest BCUT2D eigenvalue weighted by Crippen LogP contribution is -2.36. The first-order valence-corrected chi connectivity index (χ1v) is 8.88. The first-order chi connectivity index (χ1) is 13.0. The number of ether oxygens (including phenoxy) is 1. The summed E-state index contributed by atoms with van der Waals surface area (Å²) in [5.74, 6) is -0.0774. The van der Waals surface area contributed by atoms with Gasteiger partial charge in [-0.25, -0.2) is 0 Å². The summed E-state index contributed by atoms with van der Waals surface area (Å²) in [7, 11) is 1.64. The number of aliphatic hydroxyl groups is 1. The molecule has 2 N–H and O–H groups in total. The molecule has 2 aromatic rings. The van der Waals surface area contributed by atoms with Crippen molar-refractivity contribution < 1.29 is 19.4 Å². The van der Waals surface area contributed by atoms with Crippen molar-refractivity contribution in [3.8, 4) is 5.75 Å². The average molecular weight is 390 g/mol. The lowest BCUT2D eigenvalue weighted by atomic mass is 10.0. The van der Waals surface area contributed by atoms with Crippen molar-refractivity contribution in [3.05, 3.63) is 52.8 Å². The molecule has 27 heavy (non-hydrogen) atoms. The minimum atomic E-state index is -0.288. The Labute approximate surface area is 161 Å². The molecule has 7 nitrogen and oxygen atoms in total. The second-order valence-electron chi connectivity index (χ2n) is 6.35. The summed E-state index contributed by atoms with van der Waals surface area (Å²) < 4.78 is 5.36. The van der Waals surface area contributed by atoms with E-state index in [1.807, 2.05) is 0 Å². The van der Waals surface area contributed by atoms with Crippen molar-refractivity contribution in [1.82, 2.24) is 10.3 Å². The van der Waals surface area contributed by atoms with Crippen LogP contribution in [0, 0.1) is 5.92 Å². The van der Waals surface area contributed by atoms with Crippen LogP contribution in [0.15, 0.2) is 36.7 Å². The SMILES string of the molecule is CN1C(=O)COc2ccc(C(=O)NCC(CO)Cc3ccncc3Cl)cc21. The van der Waals surface area contributed by atoms with Crippen LogP contribution >= 0.6 is 11.6 Å². The van der Waals surface area contributed by atoms with Gasteiger partial charge in [0.15, 0.2) is 6.61 Å². The van der Waals surface area contributed by atoms with E-state index in [-0.39, 0.29) is 37.5 Å². The molecule has 0 radical (unpaired) electrons. The van der Waals surface area contributed by atoms with Gasteiger partial charge in [0.2, 0.25) is 0 Å². The van der Waals surface area contributed by atoms with Crippen LogP contribution in [-0.4, -0.2) is 48.7 Å². The smallest absolute Gasteiger partial charge is 0.264 e. The topological polar surface area (TPSA) is 91.8 Å². The van der Waals surface area contributed by atoms with E-state index >= 15 is 0 Å². The van der Waals surface area contributed by atoms with Gasteiger partial charge < -0.3 is 20.1 Å². The lowest BCUT2D eigenvalue weighted by Gasteiger charge is -2.26. The lowest BCUT2D eigenvalue weighted by molar-refractivity contribution is -0.120. The number of nitrogens with one attached hydrogen (secondary N) is 1. The van der Waals surface area contributed by atoms with E-state index in [4.69, 9.17) is 16.3 Å². The fraction of sp³-hybridized carbons (Fsp3) is 0.316. The predicted octanol–water partition coefficient (Wildman–Crippen LogP) is 1.67. The van der Waals surface area contributed by atoms with Gasteiger partial charge in [0.05, 0.1) is 10.7 Å². The number of halogens is 1. The zero-order valence-corrected chi connectivity index (χ0v) is 15.6. The Hall–Kier alpha value is -2.64. The molecule has 1 unspecified atom stereocenters. The zero-order valence-electron chi connectivity index (χ0n) is 14.8. The highest BCUT2D eigenvalue weighted by Gasteiger charge is 2.23. The summed E-state index contributed by atoms with van der Waals surface area (Å²) in [5, 5.41) is 13.0. The number of nitrogens with zero attached hydrogens (tertiary/aromatic N) is 2. The standard InChI is InChI=1S/C19H20ClN3O4/c1-23-16-7-14(2-3-17(16)27-11-18(23)25)19(26)22-8-12(10-24)6-13-4-5-21-9-15(13)20/h2-5,7,9,12,24H,6,8,10-11H2,1H3,(H,22,26). The van der Waals surface area contributed by atoms with Gasteiger partial charge >= 0.3 is 0 Å². The molecule has 3 rings (SSSR count). The van der Waals surface area contributed by atoms with E-state index in [1.165, 1.54) is 4.90 Å². The van der Waals surface area contributed by atoms with Gasteiger partial charge in [-0.15, -0.1) is 0 Å². The molecule has 1 atom stereocenters. The van der Waals surface area contributed by atoms with E-state index in [9.17, 15) is 14.7 Å². The van der Waals surface area contributed by atoms with E-state index in [1.54, 1.807) is 43.7 Å². The largest absolute Gasteiger partial charge is 0.482 e. The van der Waals surface area contributed by atoms with Gasteiger partial charge in [-0.1, -0.05) is 11.6 Å². The number of fused-ring (bicyclic) bond motifs is 1. The van der Waals surface area contributed by atoms with Crippen LogP contribution in [0.1, 0.15) is 15.9 Å². The summed E-state index contributed by atoms with van der Waals surface area (Å²) in [4.78, 5) is 29.6. The Morgan fingerprint density at radius 1 is 1.44 bits per heavy atom. The number of hydrogen-bond donors (Lipinski definition) is 2. The maximum atomic E-state index is 12.5. The number of rotatable bonds is 6. The predicted molar refractivity (Wildman–Crippen MR) is 101 cm³/mol. The molecule has 8 heteroatoms. The number of anilines is 1. The molecule has 0 bridgehead atoms. The second-order valence-corrected chi connectivity index (χ2v) is 6.76. The Kier molecular flexibility index (Phi) is 5.93. The first-order valence-electron chi connectivity index (χ1n) is 8.50. The Bertz CT molecular complexity index is 859. The average Bonchev–Trinajstić information content (AvgIpc) is 2.69. The van der Waals surface area contributed by atoms with Crippen molar-refractivity contribution in [3.63, 3.8) is 0 Å². The molecule has 0 fully saturated rings. The molecule has 1 aromatic heterocycles. The maximum Gasteiger partial charge on any atom is 0.264 e. The van der Waals surface area contributed by atoms with Gasteiger partial charge in [-0.3, -0.25) is 14.6 Å². The number of aliphatic hydroxyl groups excluding tert-OH is 1. The molecule has 1 aliphatic rings. The number of amides is 2. The summed E-state index contributed by atoms with van der Waals surface area (Å²) in [5.41, 5.74) is 1.84. The third kappa shape index (κ3) is 4.37. The van der Waals surface area contributed by atoms with Gasteiger partial charge in [0.1, 0.15) is 5.75 Å². The zero-order chi connectivity index (χ0) is 19.4. The van der Waals surface area contributed by atoms with E-state index in [0.717, 1.165) is 5.56 Å². The van der Waals surface area contributed by atoms with Gasteiger partial charge in [0.25, 0.3) is 11.8 Å². The molecule has 142 valence electrons. The van der Waals surface area contributed by atoms with Gasteiger partial charge in [-0.05, 0) is 36.2 Å². The van der Waals surface area contributed by atoms with Gasteiger partial charge in [0, 0.05) is 44.1 Å². The summed E-state index contributed by atoms with van der Waals surface area (Å²) >= 11 is 6.10. The minimum Gasteiger partial charge on any atom is -0.482 e. The van der Waals surface area contributed by atoms with Crippen molar-refractivity contribution in [2.75, 3.05) is 31.7 Å². The monoisotopic (exact) mass is 389 g/mol. The highest BCUT2D eigenvalue weighted by Crippen LogP contribution is 2.31. The molecule has 1 aliphatic heterocycles. The summed E-state index contributed by atoms with van der Waals surface area (Å²) in [6.07, 6.45) is 3.71. The molecule has 0 saturated heterocycles. The molecule has 2 heterocycles. The molecule has 0 aliphatic carbocycles. The van der Waals surface area contributed by atoms with E-state index < -0.39 is 0 Å².